The first kappa shape index (κ1) is 14.3. The lowest BCUT2D eigenvalue weighted by Gasteiger charge is -2.13. The Morgan fingerprint density at radius 3 is 2.95 bits per heavy atom. The van der Waals surface area contributed by atoms with Crippen LogP contribution in [-0.4, -0.2) is 29.7 Å². The van der Waals surface area contributed by atoms with Gasteiger partial charge in [-0.2, -0.15) is 0 Å². The quantitative estimate of drug-likeness (QED) is 0.903. The van der Waals surface area contributed by atoms with Gasteiger partial charge in [0.05, 0.1) is 0 Å². The fraction of sp³-hybridized carbons (Fsp3) is 0.625. The molecule has 5 heteroatoms. The van der Waals surface area contributed by atoms with Crippen LogP contribution in [0.3, 0.4) is 0 Å². The van der Waals surface area contributed by atoms with Crippen LogP contribution in [-0.2, 0) is 16.1 Å². The number of nitrogens with zero attached hydrogens (tertiary/aromatic N) is 1. The molecule has 1 amide bonds. The number of aromatic nitrogens is 1. The summed E-state index contributed by atoms with van der Waals surface area (Å²) in [6.45, 7) is 1.18. The van der Waals surface area contributed by atoms with Crippen molar-refractivity contribution in [2.24, 2.45) is 0 Å². The smallest absolute Gasteiger partial charge is 0.249 e. The maximum absolute atomic E-state index is 11.9. The van der Waals surface area contributed by atoms with Gasteiger partial charge in [-0.15, -0.1) is 0 Å². The molecular weight excluding hydrogens is 268 g/mol. The third-order valence-corrected chi connectivity index (χ3v) is 4.08. The van der Waals surface area contributed by atoms with E-state index in [4.69, 9.17) is 9.47 Å². The van der Waals surface area contributed by atoms with E-state index in [0.717, 1.165) is 31.2 Å². The van der Waals surface area contributed by atoms with Crippen molar-refractivity contribution in [3.8, 4) is 5.88 Å². The zero-order valence-electron chi connectivity index (χ0n) is 12.2. The first-order chi connectivity index (χ1) is 10.3. The van der Waals surface area contributed by atoms with Gasteiger partial charge in [-0.1, -0.05) is 0 Å². The molecule has 1 aromatic rings. The highest BCUT2D eigenvalue weighted by Gasteiger charge is 2.23. The molecule has 1 N–H and O–H groups in total. The van der Waals surface area contributed by atoms with Gasteiger partial charge in [-0.05, 0) is 50.2 Å². The molecule has 1 unspecified atom stereocenters. The van der Waals surface area contributed by atoms with Gasteiger partial charge in [0.1, 0.15) is 12.2 Å². The van der Waals surface area contributed by atoms with Crippen molar-refractivity contribution in [2.75, 3.05) is 6.61 Å². The molecule has 3 rings (SSSR count). The van der Waals surface area contributed by atoms with Crippen LogP contribution in [0.25, 0.3) is 0 Å². The molecule has 2 fully saturated rings. The molecule has 0 aromatic carbocycles. The van der Waals surface area contributed by atoms with E-state index in [0.29, 0.717) is 25.1 Å². The summed E-state index contributed by atoms with van der Waals surface area (Å²) in [5, 5.41) is 2.91. The highest BCUT2D eigenvalue weighted by molar-refractivity contribution is 5.80. The van der Waals surface area contributed by atoms with Gasteiger partial charge < -0.3 is 14.8 Å². The molecular formula is C16H22N2O3. The SMILES string of the molecule is O=C(NCc1ccnc(OC2CCCC2)c1)C1CCCO1. The topological polar surface area (TPSA) is 60.5 Å². The van der Waals surface area contributed by atoms with E-state index in [1.807, 2.05) is 12.1 Å². The molecule has 0 bridgehead atoms. The number of rotatable bonds is 5. The number of carbonyl (C=O) groups excluding carboxylic acids is 1. The summed E-state index contributed by atoms with van der Waals surface area (Å²) >= 11 is 0. The third-order valence-electron chi connectivity index (χ3n) is 4.08. The number of hydrogen-bond acceptors (Lipinski definition) is 4. The second kappa shape index (κ2) is 6.89. The second-order valence-electron chi connectivity index (χ2n) is 5.75. The molecule has 21 heavy (non-hydrogen) atoms. The molecule has 114 valence electrons. The summed E-state index contributed by atoms with van der Waals surface area (Å²) in [4.78, 5) is 16.1. The van der Waals surface area contributed by atoms with E-state index < -0.39 is 0 Å². The van der Waals surface area contributed by atoms with Gasteiger partial charge in [0, 0.05) is 25.4 Å². The van der Waals surface area contributed by atoms with Gasteiger partial charge in [-0.3, -0.25) is 4.79 Å². The van der Waals surface area contributed by atoms with E-state index in [1.165, 1.54) is 12.8 Å². The lowest BCUT2D eigenvalue weighted by molar-refractivity contribution is -0.130. The van der Waals surface area contributed by atoms with Crippen molar-refractivity contribution >= 4 is 5.91 Å². The molecule has 1 aliphatic carbocycles. The first-order valence-electron chi connectivity index (χ1n) is 7.82. The van der Waals surface area contributed by atoms with Crippen molar-refractivity contribution in [1.82, 2.24) is 10.3 Å². The van der Waals surface area contributed by atoms with Crippen molar-refractivity contribution in [3.63, 3.8) is 0 Å². The van der Waals surface area contributed by atoms with Gasteiger partial charge in [0.15, 0.2) is 0 Å². The number of carbonyl (C=O) groups is 1. The van der Waals surface area contributed by atoms with Crippen LogP contribution in [0.2, 0.25) is 0 Å². The van der Waals surface area contributed by atoms with Crippen LogP contribution in [0.1, 0.15) is 44.1 Å². The Bertz CT molecular complexity index is 480. The largest absolute Gasteiger partial charge is 0.474 e. The summed E-state index contributed by atoms with van der Waals surface area (Å²) in [5.41, 5.74) is 1.00. The van der Waals surface area contributed by atoms with Crippen molar-refractivity contribution < 1.29 is 14.3 Å². The zero-order chi connectivity index (χ0) is 14.5. The lowest BCUT2D eigenvalue weighted by Crippen LogP contribution is -2.33. The summed E-state index contributed by atoms with van der Waals surface area (Å²) in [5.74, 6) is 0.633. The summed E-state index contributed by atoms with van der Waals surface area (Å²) in [7, 11) is 0. The maximum atomic E-state index is 11.9. The highest BCUT2D eigenvalue weighted by Crippen LogP contribution is 2.23. The average Bonchev–Trinajstić information content (AvgIpc) is 3.18. The highest BCUT2D eigenvalue weighted by atomic mass is 16.5. The Labute approximate surface area is 125 Å². The fourth-order valence-electron chi connectivity index (χ4n) is 2.89. The molecule has 1 aromatic heterocycles. The summed E-state index contributed by atoms with van der Waals surface area (Å²) in [6.07, 6.45) is 8.24. The lowest BCUT2D eigenvalue weighted by atomic mass is 10.2. The molecule has 5 nitrogen and oxygen atoms in total. The Kier molecular flexibility index (Phi) is 4.70. The summed E-state index contributed by atoms with van der Waals surface area (Å²) in [6, 6.07) is 3.81. The van der Waals surface area contributed by atoms with Gasteiger partial charge in [0.2, 0.25) is 11.8 Å². The predicted octanol–water partition coefficient (Wildman–Crippen LogP) is 2.20. The molecule has 1 aliphatic heterocycles. The van der Waals surface area contributed by atoms with Crippen LogP contribution >= 0.6 is 0 Å². The van der Waals surface area contributed by atoms with E-state index >= 15 is 0 Å². The van der Waals surface area contributed by atoms with E-state index in [1.54, 1.807) is 6.20 Å². The predicted molar refractivity (Wildman–Crippen MR) is 77.9 cm³/mol. The standard InChI is InChI=1S/C16H22N2O3/c19-16(14-6-3-9-20-14)18-11-12-7-8-17-15(10-12)21-13-4-1-2-5-13/h7-8,10,13-14H,1-6,9,11H2,(H,18,19). The number of hydrogen-bond donors (Lipinski definition) is 1. The van der Waals surface area contributed by atoms with E-state index in [2.05, 4.69) is 10.3 Å². The van der Waals surface area contributed by atoms with Gasteiger partial charge >= 0.3 is 0 Å². The fourth-order valence-corrected chi connectivity index (χ4v) is 2.89. The molecule has 1 saturated heterocycles. The monoisotopic (exact) mass is 290 g/mol. The van der Waals surface area contributed by atoms with Crippen LogP contribution in [0.5, 0.6) is 5.88 Å². The van der Waals surface area contributed by atoms with Crippen molar-refractivity contribution in [1.29, 1.82) is 0 Å². The van der Waals surface area contributed by atoms with Gasteiger partial charge in [-0.25, -0.2) is 4.98 Å². The minimum absolute atomic E-state index is 0.0254. The van der Waals surface area contributed by atoms with E-state index in [-0.39, 0.29) is 12.0 Å². The molecule has 0 radical (unpaired) electrons. The maximum Gasteiger partial charge on any atom is 0.249 e. The van der Waals surface area contributed by atoms with E-state index in [9.17, 15) is 4.79 Å². The van der Waals surface area contributed by atoms with Crippen LogP contribution in [0.4, 0.5) is 0 Å². The molecule has 2 heterocycles. The number of amides is 1. The molecule has 0 spiro atoms. The third kappa shape index (κ3) is 3.94. The molecule has 1 atom stereocenters. The number of pyridine rings is 1. The normalized spacial score (nSPS) is 22.4. The van der Waals surface area contributed by atoms with Crippen molar-refractivity contribution in [2.45, 2.75) is 57.3 Å². The second-order valence-corrected chi connectivity index (χ2v) is 5.75. The minimum atomic E-state index is -0.277. The van der Waals surface area contributed by atoms with Crippen LogP contribution in [0, 0.1) is 0 Å². The van der Waals surface area contributed by atoms with Crippen LogP contribution < -0.4 is 10.1 Å². The van der Waals surface area contributed by atoms with Crippen LogP contribution in [0.15, 0.2) is 18.3 Å². The number of nitrogens with one attached hydrogen (secondary N) is 1. The Morgan fingerprint density at radius 2 is 2.19 bits per heavy atom. The Morgan fingerprint density at radius 1 is 1.33 bits per heavy atom. The summed E-state index contributed by atoms with van der Waals surface area (Å²) < 4.78 is 11.2. The molecule has 1 saturated carbocycles. The first-order valence-corrected chi connectivity index (χ1v) is 7.82. The van der Waals surface area contributed by atoms with Crippen molar-refractivity contribution in [3.05, 3.63) is 23.9 Å². The molecule has 2 aliphatic rings. The minimum Gasteiger partial charge on any atom is -0.474 e. The van der Waals surface area contributed by atoms with Gasteiger partial charge in [0.25, 0.3) is 0 Å². The Balaban J connectivity index is 1.51. The zero-order valence-corrected chi connectivity index (χ0v) is 12.2. The average molecular weight is 290 g/mol. The number of ether oxygens (including phenoxy) is 2. The Hall–Kier alpha value is -1.62.